The van der Waals surface area contributed by atoms with Crippen LogP contribution in [0.1, 0.15) is 16.8 Å². The lowest BCUT2D eigenvalue weighted by Gasteiger charge is -2.11. The lowest BCUT2D eigenvalue weighted by Crippen LogP contribution is -2.15. The van der Waals surface area contributed by atoms with Crippen LogP contribution in [0, 0.1) is 6.92 Å². The van der Waals surface area contributed by atoms with Crippen molar-refractivity contribution in [1.82, 2.24) is 4.98 Å². The highest BCUT2D eigenvalue weighted by molar-refractivity contribution is 5.30. The van der Waals surface area contributed by atoms with E-state index in [1.54, 1.807) is 6.92 Å². The van der Waals surface area contributed by atoms with Crippen molar-refractivity contribution >= 4 is 0 Å². The third-order valence-electron chi connectivity index (χ3n) is 1.76. The molecule has 0 fully saturated rings. The number of alkyl halides is 3. The summed E-state index contributed by atoms with van der Waals surface area (Å²) in [7, 11) is 0. The molecule has 13 heavy (non-hydrogen) atoms. The highest BCUT2D eigenvalue weighted by Crippen LogP contribution is 2.30. The molecule has 1 aromatic rings. The Hall–Kier alpha value is -1.10. The molecular formula is C8H9F3N2. The van der Waals surface area contributed by atoms with Gasteiger partial charge in [0.25, 0.3) is 0 Å². The van der Waals surface area contributed by atoms with Gasteiger partial charge in [0.15, 0.2) is 0 Å². The van der Waals surface area contributed by atoms with Crippen LogP contribution >= 0.6 is 0 Å². The summed E-state index contributed by atoms with van der Waals surface area (Å²) in [6.45, 7) is 1.44. The second kappa shape index (κ2) is 3.33. The number of nitrogens with two attached hydrogens (primary N) is 1. The summed E-state index contributed by atoms with van der Waals surface area (Å²) in [6, 6.07) is 1.51. The van der Waals surface area contributed by atoms with E-state index in [-0.39, 0.29) is 12.1 Å². The molecule has 0 amide bonds. The summed E-state index contributed by atoms with van der Waals surface area (Å²) in [6.07, 6.45) is -3.28. The largest absolute Gasteiger partial charge is 0.433 e. The molecule has 0 aliphatic heterocycles. The van der Waals surface area contributed by atoms with Crippen LogP contribution in [0.2, 0.25) is 0 Å². The Bertz CT molecular complexity index is 307. The van der Waals surface area contributed by atoms with E-state index in [2.05, 4.69) is 4.98 Å². The fourth-order valence-corrected chi connectivity index (χ4v) is 1.09. The first kappa shape index (κ1) is 9.98. The molecule has 2 nitrogen and oxygen atoms in total. The SMILES string of the molecule is Cc1ccnc(C(F)(F)F)c1CN. The van der Waals surface area contributed by atoms with Crippen LogP contribution in [0.25, 0.3) is 0 Å². The van der Waals surface area contributed by atoms with Gasteiger partial charge in [0.05, 0.1) is 0 Å². The molecule has 0 aliphatic rings. The predicted octanol–water partition coefficient (Wildman–Crippen LogP) is 1.87. The van der Waals surface area contributed by atoms with Crippen LogP contribution in [0.15, 0.2) is 12.3 Å². The number of rotatable bonds is 1. The van der Waals surface area contributed by atoms with E-state index in [0.29, 0.717) is 5.56 Å². The zero-order valence-electron chi connectivity index (χ0n) is 7.02. The van der Waals surface area contributed by atoms with Gasteiger partial charge in [0.1, 0.15) is 5.69 Å². The Labute approximate surface area is 73.6 Å². The standard InChI is InChI=1S/C8H9F3N2/c1-5-2-3-13-7(6(5)4-12)8(9,10)11/h2-3H,4,12H2,1H3. The Balaban J connectivity index is 3.29. The summed E-state index contributed by atoms with van der Waals surface area (Å²) >= 11 is 0. The molecule has 0 saturated carbocycles. The van der Waals surface area contributed by atoms with E-state index in [9.17, 15) is 13.2 Å². The van der Waals surface area contributed by atoms with Crippen molar-refractivity contribution in [2.75, 3.05) is 0 Å². The summed E-state index contributed by atoms with van der Waals surface area (Å²) in [4.78, 5) is 3.28. The molecular weight excluding hydrogens is 181 g/mol. The summed E-state index contributed by atoms with van der Waals surface area (Å²) in [5, 5.41) is 0. The molecule has 0 atom stereocenters. The molecule has 1 aromatic heterocycles. The number of aromatic nitrogens is 1. The number of nitrogens with zero attached hydrogens (tertiary/aromatic N) is 1. The van der Waals surface area contributed by atoms with Crippen LogP contribution in [0.4, 0.5) is 13.2 Å². The van der Waals surface area contributed by atoms with Crippen LogP contribution in [-0.4, -0.2) is 4.98 Å². The van der Waals surface area contributed by atoms with Crippen molar-refractivity contribution in [2.24, 2.45) is 5.73 Å². The fourth-order valence-electron chi connectivity index (χ4n) is 1.09. The van der Waals surface area contributed by atoms with Gasteiger partial charge in [-0.1, -0.05) is 0 Å². The lowest BCUT2D eigenvalue weighted by molar-refractivity contribution is -0.141. The smallest absolute Gasteiger partial charge is 0.326 e. The van der Waals surface area contributed by atoms with Crippen LogP contribution in [-0.2, 0) is 12.7 Å². The van der Waals surface area contributed by atoms with Gasteiger partial charge in [-0.25, -0.2) is 0 Å². The number of hydrogen-bond donors (Lipinski definition) is 1. The molecule has 2 N–H and O–H groups in total. The van der Waals surface area contributed by atoms with E-state index in [4.69, 9.17) is 5.73 Å². The normalized spacial score (nSPS) is 11.8. The number of hydrogen-bond acceptors (Lipinski definition) is 2. The van der Waals surface area contributed by atoms with Crippen molar-refractivity contribution < 1.29 is 13.2 Å². The Kier molecular flexibility index (Phi) is 2.56. The molecule has 0 saturated heterocycles. The molecule has 0 radical (unpaired) electrons. The third kappa shape index (κ3) is 1.98. The number of aryl methyl sites for hydroxylation is 1. The second-order valence-electron chi connectivity index (χ2n) is 2.66. The average Bonchev–Trinajstić information content (AvgIpc) is 2.02. The lowest BCUT2D eigenvalue weighted by atomic mass is 10.1. The van der Waals surface area contributed by atoms with Gasteiger partial charge in [0, 0.05) is 12.7 Å². The van der Waals surface area contributed by atoms with E-state index in [1.165, 1.54) is 6.07 Å². The molecule has 0 bridgehead atoms. The first-order chi connectivity index (χ1) is 5.96. The first-order valence-electron chi connectivity index (χ1n) is 3.68. The highest BCUT2D eigenvalue weighted by Gasteiger charge is 2.35. The van der Waals surface area contributed by atoms with Crippen molar-refractivity contribution in [3.8, 4) is 0 Å². The molecule has 0 unspecified atom stereocenters. The second-order valence-corrected chi connectivity index (χ2v) is 2.66. The van der Waals surface area contributed by atoms with Crippen LogP contribution < -0.4 is 5.73 Å². The first-order valence-corrected chi connectivity index (χ1v) is 3.68. The van der Waals surface area contributed by atoms with Gasteiger partial charge in [0.2, 0.25) is 0 Å². The molecule has 0 spiro atoms. The monoisotopic (exact) mass is 190 g/mol. The zero-order valence-corrected chi connectivity index (χ0v) is 7.02. The van der Waals surface area contributed by atoms with Gasteiger partial charge in [-0.2, -0.15) is 13.2 Å². The summed E-state index contributed by atoms with van der Waals surface area (Å²) < 4.78 is 36.9. The fraction of sp³-hybridized carbons (Fsp3) is 0.375. The quantitative estimate of drug-likeness (QED) is 0.734. The van der Waals surface area contributed by atoms with Crippen molar-refractivity contribution in [1.29, 1.82) is 0 Å². The molecule has 72 valence electrons. The molecule has 5 heteroatoms. The van der Waals surface area contributed by atoms with Crippen LogP contribution in [0.5, 0.6) is 0 Å². The molecule has 0 aliphatic carbocycles. The van der Waals surface area contributed by atoms with E-state index < -0.39 is 11.9 Å². The number of halogens is 3. The molecule has 0 aromatic carbocycles. The topological polar surface area (TPSA) is 38.9 Å². The Morgan fingerprint density at radius 2 is 2.08 bits per heavy atom. The summed E-state index contributed by atoms with van der Waals surface area (Å²) in [5.41, 5.74) is 4.91. The minimum absolute atomic E-state index is 0.0648. The van der Waals surface area contributed by atoms with Gasteiger partial charge in [-0.15, -0.1) is 0 Å². The Morgan fingerprint density at radius 3 is 2.46 bits per heavy atom. The van der Waals surface area contributed by atoms with Crippen LogP contribution in [0.3, 0.4) is 0 Å². The van der Waals surface area contributed by atoms with Crippen molar-refractivity contribution in [3.63, 3.8) is 0 Å². The maximum absolute atomic E-state index is 12.3. The number of pyridine rings is 1. The summed E-state index contributed by atoms with van der Waals surface area (Å²) in [5.74, 6) is 0. The minimum Gasteiger partial charge on any atom is -0.326 e. The van der Waals surface area contributed by atoms with E-state index in [0.717, 1.165) is 6.20 Å². The average molecular weight is 190 g/mol. The zero-order chi connectivity index (χ0) is 10.1. The van der Waals surface area contributed by atoms with Gasteiger partial charge < -0.3 is 5.73 Å². The van der Waals surface area contributed by atoms with Crippen molar-refractivity contribution in [3.05, 3.63) is 29.1 Å². The Morgan fingerprint density at radius 1 is 1.46 bits per heavy atom. The molecule has 1 heterocycles. The predicted molar refractivity (Wildman–Crippen MR) is 41.9 cm³/mol. The third-order valence-corrected chi connectivity index (χ3v) is 1.76. The minimum atomic E-state index is -4.42. The maximum Gasteiger partial charge on any atom is 0.433 e. The highest BCUT2D eigenvalue weighted by atomic mass is 19.4. The van der Waals surface area contributed by atoms with E-state index in [1.807, 2.05) is 0 Å². The maximum atomic E-state index is 12.3. The van der Waals surface area contributed by atoms with Gasteiger partial charge in [-0.3, -0.25) is 4.98 Å². The molecule has 1 rings (SSSR count). The van der Waals surface area contributed by atoms with E-state index >= 15 is 0 Å². The van der Waals surface area contributed by atoms with Gasteiger partial charge in [-0.05, 0) is 24.1 Å². The van der Waals surface area contributed by atoms with Gasteiger partial charge >= 0.3 is 6.18 Å². The van der Waals surface area contributed by atoms with Crippen molar-refractivity contribution in [2.45, 2.75) is 19.6 Å².